The zero-order valence-electron chi connectivity index (χ0n) is 11.8. The van der Waals surface area contributed by atoms with Gasteiger partial charge < -0.3 is 5.73 Å². The molecule has 1 heterocycles. The van der Waals surface area contributed by atoms with E-state index in [4.69, 9.17) is 5.73 Å². The van der Waals surface area contributed by atoms with Gasteiger partial charge in [-0.15, -0.1) is 0 Å². The molecule has 2 aromatic rings. The van der Waals surface area contributed by atoms with Gasteiger partial charge in [0.1, 0.15) is 5.82 Å². The molecule has 1 atom stereocenters. The van der Waals surface area contributed by atoms with E-state index in [-0.39, 0.29) is 0 Å². The molecule has 0 radical (unpaired) electrons. The molecule has 0 saturated carbocycles. The van der Waals surface area contributed by atoms with E-state index in [1.165, 1.54) is 0 Å². The second-order valence-electron chi connectivity index (χ2n) is 5.31. The Morgan fingerprint density at radius 3 is 2.26 bits per heavy atom. The largest absolute Gasteiger partial charge is 0.383 e. The van der Waals surface area contributed by atoms with Gasteiger partial charge >= 0.3 is 0 Å². The van der Waals surface area contributed by atoms with Crippen LogP contribution in [0.15, 0.2) is 28.7 Å². The number of aromatic nitrogens is 2. The number of aryl methyl sites for hydroxylation is 1. The molecule has 0 saturated heterocycles. The van der Waals surface area contributed by atoms with Gasteiger partial charge in [-0.3, -0.25) is 4.68 Å². The number of hydrogen-bond donors (Lipinski definition) is 1. The van der Waals surface area contributed by atoms with Crippen molar-refractivity contribution in [3.8, 4) is 11.1 Å². The smallest absolute Gasteiger partial charge is 0.129 e. The van der Waals surface area contributed by atoms with E-state index in [2.05, 4.69) is 53.9 Å². The minimum Gasteiger partial charge on any atom is -0.383 e. The van der Waals surface area contributed by atoms with Gasteiger partial charge in [-0.2, -0.15) is 5.10 Å². The summed E-state index contributed by atoms with van der Waals surface area (Å²) in [6, 6.07) is 8.22. The number of nitrogens with zero attached hydrogens (tertiary/aromatic N) is 2. The Morgan fingerprint density at radius 1 is 1.16 bits per heavy atom. The van der Waals surface area contributed by atoms with Crippen LogP contribution in [0.25, 0.3) is 11.1 Å². The predicted molar refractivity (Wildman–Crippen MR) is 84.0 cm³/mol. The molecule has 1 aromatic heterocycles. The predicted octanol–water partition coefficient (Wildman–Crippen LogP) is 4.19. The van der Waals surface area contributed by atoms with Crippen molar-refractivity contribution in [1.29, 1.82) is 0 Å². The Kier molecular flexibility index (Phi) is 3.99. The summed E-state index contributed by atoms with van der Waals surface area (Å²) in [5, 5.41) is 4.61. The summed E-state index contributed by atoms with van der Waals surface area (Å²) in [7, 11) is 1.90. The van der Waals surface area contributed by atoms with E-state index in [0.29, 0.717) is 11.8 Å². The van der Waals surface area contributed by atoms with Crippen LogP contribution in [0.5, 0.6) is 0 Å². The molecule has 0 amide bonds. The quantitative estimate of drug-likeness (QED) is 0.921. The molecule has 0 bridgehead atoms. The standard InChI is InChI=1S/C15H20BrN3/c1-9(2)10(3)14-13(15(17)19(4)18-14)11-5-7-12(16)8-6-11/h5-10H,17H2,1-4H3. The average Bonchev–Trinajstić information content (AvgIpc) is 2.66. The normalized spacial score (nSPS) is 12.9. The molecule has 0 aliphatic rings. The summed E-state index contributed by atoms with van der Waals surface area (Å²) in [6.45, 7) is 6.62. The topological polar surface area (TPSA) is 43.8 Å². The number of benzene rings is 1. The molecule has 19 heavy (non-hydrogen) atoms. The van der Waals surface area contributed by atoms with Gasteiger partial charge in [-0.1, -0.05) is 48.8 Å². The molecule has 1 unspecified atom stereocenters. The minimum atomic E-state index is 0.377. The van der Waals surface area contributed by atoms with Crippen LogP contribution in [0.1, 0.15) is 32.4 Å². The zero-order valence-corrected chi connectivity index (χ0v) is 13.4. The molecule has 0 aliphatic heterocycles. The van der Waals surface area contributed by atoms with Crippen molar-refractivity contribution >= 4 is 21.7 Å². The lowest BCUT2D eigenvalue weighted by atomic mass is 9.90. The van der Waals surface area contributed by atoms with Crippen molar-refractivity contribution in [2.24, 2.45) is 13.0 Å². The van der Waals surface area contributed by atoms with Crippen LogP contribution >= 0.6 is 15.9 Å². The SMILES string of the molecule is CC(C)C(C)c1nn(C)c(N)c1-c1ccc(Br)cc1. The van der Waals surface area contributed by atoms with Crippen molar-refractivity contribution in [1.82, 2.24) is 9.78 Å². The highest BCUT2D eigenvalue weighted by Gasteiger charge is 2.22. The molecule has 0 aliphatic carbocycles. The first-order valence-electron chi connectivity index (χ1n) is 6.50. The van der Waals surface area contributed by atoms with Gasteiger partial charge in [0.25, 0.3) is 0 Å². The Hall–Kier alpha value is -1.29. The molecule has 3 nitrogen and oxygen atoms in total. The van der Waals surface area contributed by atoms with Crippen molar-refractivity contribution in [2.45, 2.75) is 26.7 Å². The summed E-state index contributed by atoms with van der Waals surface area (Å²) in [5.74, 6) is 1.63. The number of hydrogen-bond acceptors (Lipinski definition) is 2. The second kappa shape index (κ2) is 5.37. The van der Waals surface area contributed by atoms with Crippen molar-refractivity contribution in [3.05, 3.63) is 34.4 Å². The first-order chi connectivity index (χ1) is 8.91. The third kappa shape index (κ3) is 2.68. The van der Waals surface area contributed by atoms with Crippen LogP contribution in [0.4, 0.5) is 5.82 Å². The van der Waals surface area contributed by atoms with Gasteiger partial charge in [0.2, 0.25) is 0 Å². The molecule has 2 N–H and O–H groups in total. The van der Waals surface area contributed by atoms with E-state index in [1.807, 2.05) is 19.2 Å². The number of rotatable bonds is 3. The molecule has 2 rings (SSSR count). The molecule has 102 valence electrons. The third-order valence-corrected chi connectivity index (χ3v) is 4.21. The lowest BCUT2D eigenvalue weighted by Crippen LogP contribution is -2.04. The highest BCUT2D eigenvalue weighted by Crippen LogP contribution is 2.36. The summed E-state index contributed by atoms with van der Waals surface area (Å²) >= 11 is 3.46. The van der Waals surface area contributed by atoms with E-state index >= 15 is 0 Å². The second-order valence-corrected chi connectivity index (χ2v) is 6.22. The van der Waals surface area contributed by atoms with Gasteiger partial charge in [0.05, 0.1) is 5.69 Å². The maximum absolute atomic E-state index is 6.20. The fourth-order valence-electron chi connectivity index (χ4n) is 2.11. The number of halogens is 1. The molecule has 1 aromatic carbocycles. The highest BCUT2D eigenvalue weighted by molar-refractivity contribution is 9.10. The minimum absolute atomic E-state index is 0.377. The van der Waals surface area contributed by atoms with Gasteiger partial charge in [0.15, 0.2) is 0 Å². The average molecular weight is 322 g/mol. The lowest BCUT2D eigenvalue weighted by Gasteiger charge is -2.15. The van der Waals surface area contributed by atoms with Crippen LogP contribution in [0, 0.1) is 5.92 Å². The van der Waals surface area contributed by atoms with Crippen LogP contribution in [-0.2, 0) is 7.05 Å². The number of nitrogens with two attached hydrogens (primary N) is 1. The molecular formula is C15H20BrN3. The highest BCUT2D eigenvalue weighted by atomic mass is 79.9. The van der Waals surface area contributed by atoms with Crippen molar-refractivity contribution < 1.29 is 0 Å². The van der Waals surface area contributed by atoms with Gasteiger partial charge in [0, 0.05) is 23.0 Å². The van der Waals surface area contributed by atoms with Crippen molar-refractivity contribution in [2.75, 3.05) is 5.73 Å². The maximum atomic E-state index is 6.20. The van der Waals surface area contributed by atoms with Crippen LogP contribution in [0.3, 0.4) is 0 Å². The Balaban J connectivity index is 2.58. The van der Waals surface area contributed by atoms with E-state index in [1.54, 1.807) is 4.68 Å². The number of anilines is 1. The lowest BCUT2D eigenvalue weighted by molar-refractivity contribution is 0.517. The number of nitrogen functional groups attached to an aromatic ring is 1. The first kappa shape index (κ1) is 14.1. The van der Waals surface area contributed by atoms with Crippen LogP contribution < -0.4 is 5.73 Å². The fourth-order valence-corrected chi connectivity index (χ4v) is 2.37. The Labute approximate surface area is 122 Å². The molecule has 0 fully saturated rings. The summed E-state index contributed by atoms with van der Waals surface area (Å²) < 4.78 is 2.84. The van der Waals surface area contributed by atoms with E-state index < -0.39 is 0 Å². The summed E-state index contributed by atoms with van der Waals surface area (Å²) in [5.41, 5.74) is 9.47. The first-order valence-corrected chi connectivity index (χ1v) is 7.29. The molecule has 0 spiro atoms. The molecular weight excluding hydrogens is 302 g/mol. The van der Waals surface area contributed by atoms with Crippen molar-refractivity contribution in [3.63, 3.8) is 0 Å². The molecule has 4 heteroatoms. The van der Waals surface area contributed by atoms with Crippen LogP contribution in [0.2, 0.25) is 0 Å². The third-order valence-electron chi connectivity index (χ3n) is 3.68. The van der Waals surface area contributed by atoms with Gasteiger partial charge in [-0.25, -0.2) is 0 Å². The summed E-state index contributed by atoms with van der Waals surface area (Å²) in [4.78, 5) is 0. The monoisotopic (exact) mass is 321 g/mol. The van der Waals surface area contributed by atoms with Crippen LogP contribution in [-0.4, -0.2) is 9.78 Å². The Morgan fingerprint density at radius 2 is 1.74 bits per heavy atom. The maximum Gasteiger partial charge on any atom is 0.129 e. The Bertz CT molecular complexity index is 570. The van der Waals surface area contributed by atoms with Gasteiger partial charge in [-0.05, 0) is 23.6 Å². The van der Waals surface area contributed by atoms with E-state index in [0.717, 1.165) is 27.1 Å². The van der Waals surface area contributed by atoms with E-state index in [9.17, 15) is 0 Å². The summed E-state index contributed by atoms with van der Waals surface area (Å²) in [6.07, 6.45) is 0. The fraction of sp³-hybridized carbons (Fsp3) is 0.400. The zero-order chi connectivity index (χ0) is 14.2.